The van der Waals surface area contributed by atoms with Crippen molar-refractivity contribution >= 4 is 31.6 Å². The lowest BCUT2D eigenvalue weighted by Gasteiger charge is -2.19. The lowest BCUT2D eigenvalue weighted by molar-refractivity contribution is -0.116. The average molecular weight is 426 g/mol. The zero-order chi connectivity index (χ0) is 20.7. The highest BCUT2D eigenvalue weighted by molar-refractivity contribution is 7.94. The molecule has 2 aromatic rings. The molecule has 3 rings (SSSR count). The predicted octanol–water partition coefficient (Wildman–Crippen LogP) is 1.99. The molecule has 0 atom stereocenters. The van der Waals surface area contributed by atoms with Gasteiger partial charge in [0.25, 0.3) is 0 Å². The number of nitrogens with one attached hydrogen (secondary N) is 1. The number of rotatable bonds is 5. The van der Waals surface area contributed by atoms with Crippen LogP contribution in [0.4, 0.5) is 10.1 Å². The van der Waals surface area contributed by atoms with Crippen LogP contribution in [0.25, 0.3) is 0 Å². The van der Waals surface area contributed by atoms with Crippen LogP contribution >= 0.6 is 0 Å². The summed E-state index contributed by atoms with van der Waals surface area (Å²) in [5.74, 6) is -1.22. The molecule has 28 heavy (non-hydrogen) atoms. The second kappa shape index (κ2) is 7.26. The number of hydrogen-bond acceptors (Lipinski definition) is 5. The minimum absolute atomic E-state index is 0.0161. The van der Waals surface area contributed by atoms with Gasteiger partial charge in [0.15, 0.2) is 0 Å². The lowest BCUT2D eigenvalue weighted by Crippen LogP contribution is -2.30. The van der Waals surface area contributed by atoms with Crippen molar-refractivity contribution in [2.75, 3.05) is 10.1 Å². The second-order valence-electron chi connectivity index (χ2n) is 6.58. The molecule has 7 nitrogen and oxygen atoms in total. The molecule has 0 unspecified atom stereocenters. The van der Waals surface area contributed by atoms with E-state index in [1.807, 2.05) is 0 Å². The Labute approximate surface area is 163 Å². The van der Waals surface area contributed by atoms with Gasteiger partial charge in [0.05, 0.1) is 16.3 Å². The van der Waals surface area contributed by atoms with Crippen molar-refractivity contribution in [1.29, 1.82) is 0 Å². The number of amides is 1. The summed E-state index contributed by atoms with van der Waals surface area (Å²) in [7, 11) is -7.64. The fourth-order valence-electron chi connectivity index (χ4n) is 3.19. The molecule has 0 radical (unpaired) electrons. The fourth-order valence-corrected chi connectivity index (χ4v) is 6.10. The molecule has 1 fully saturated rings. The monoisotopic (exact) mass is 426 g/mol. The maximum atomic E-state index is 13.0. The predicted molar refractivity (Wildman–Crippen MR) is 102 cm³/mol. The first-order valence-electron chi connectivity index (χ1n) is 8.42. The van der Waals surface area contributed by atoms with E-state index in [1.165, 1.54) is 50.2 Å². The number of halogens is 1. The molecule has 1 N–H and O–H groups in total. The van der Waals surface area contributed by atoms with Crippen LogP contribution in [-0.4, -0.2) is 28.5 Å². The maximum absolute atomic E-state index is 13.0. The van der Waals surface area contributed by atoms with E-state index < -0.39 is 31.8 Å². The van der Waals surface area contributed by atoms with Gasteiger partial charge in [-0.2, -0.15) is 0 Å². The summed E-state index contributed by atoms with van der Waals surface area (Å²) < 4.78 is 65.9. The van der Waals surface area contributed by atoms with Crippen molar-refractivity contribution in [2.45, 2.75) is 31.7 Å². The lowest BCUT2D eigenvalue weighted by atomic mass is 10.1. The molecule has 1 aliphatic heterocycles. The summed E-state index contributed by atoms with van der Waals surface area (Å²) in [6, 6.07) is 8.18. The maximum Gasteiger partial charge on any atom is 0.242 e. The Morgan fingerprint density at radius 2 is 1.68 bits per heavy atom. The molecule has 1 heterocycles. The number of anilines is 1. The summed E-state index contributed by atoms with van der Waals surface area (Å²) in [6.45, 7) is 3.05. The Bertz CT molecular complexity index is 1120. The van der Waals surface area contributed by atoms with Crippen molar-refractivity contribution in [3.8, 4) is 0 Å². The highest BCUT2D eigenvalue weighted by Crippen LogP contribution is 2.31. The van der Waals surface area contributed by atoms with Gasteiger partial charge in [-0.05, 0) is 54.8 Å². The fraction of sp³-hybridized carbons (Fsp3) is 0.278. The smallest absolute Gasteiger partial charge is 0.242 e. The Balaban J connectivity index is 1.92. The molecule has 0 bridgehead atoms. The van der Waals surface area contributed by atoms with E-state index in [1.54, 1.807) is 0 Å². The van der Waals surface area contributed by atoms with Crippen LogP contribution < -0.4 is 9.03 Å². The normalized spacial score (nSPS) is 16.5. The number of carbonyl (C=O) groups excluding carboxylic acids is 1. The van der Waals surface area contributed by atoms with Crippen molar-refractivity contribution in [3.05, 3.63) is 58.9 Å². The van der Waals surface area contributed by atoms with Crippen LogP contribution in [0.3, 0.4) is 0 Å². The van der Waals surface area contributed by atoms with Gasteiger partial charge < -0.3 is 0 Å². The van der Waals surface area contributed by atoms with E-state index in [0.29, 0.717) is 16.7 Å². The van der Waals surface area contributed by atoms with Gasteiger partial charge in [-0.3, -0.25) is 4.79 Å². The van der Waals surface area contributed by atoms with Crippen LogP contribution in [0, 0.1) is 19.7 Å². The Morgan fingerprint density at radius 1 is 1.11 bits per heavy atom. The number of aryl methyl sites for hydroxylation is 2. The molecule has 2 aromatic carbocycles. The zero-order valence-corrected chi connectivity index (χ0v) is 16.9. The van der Waals surface area contributed by atoms with Gasteiger partial charge in [0.2, 0.25) is 26.0 Å². The van der Waals surface area contributed by atoms with E-state index in [0.717, 1.165) is 4.31 Å². The first kappa shape index (κ1) is 20.4. The van der Waals surface area contributed by atoms with Crippen molar-refractivity contribution in [3.63, 3.8) is 0 Å². The minimum Gasteiger partial charge on any atom is -0.273 e. The molecular formula is C18H19FN2O5S2. The number of benzene rings is 2. The first-order chi connectivity index (χ1) is 13.0. The van der Waals surface area contributed by atoms with Gasteiger partial charge >= 0.3 is 0 Å². The van der Waals surface area contributed by atoms with Crippen LogP contribution in [-0.2, 0) is 31.4 Å². The van der Waals surface area contributed by atoms with E-state index in [-0.39, 0.29) is 29.3 Å². The molecule has 0 aliphatic carbocycles. The molecule has 150 valence electrons. The SMILES string of the molecule is Cc1cc(N2C(=O)CCS2(=O)=O)cc(C)c1S(=O)(=O)NCc1ccc(F)cc1. The molecular weight excluding hydrogens is 407 g/mol. The van der Waals surface area contributed by atoms with E-state index in [9.17, 15) is 26.0 Å². The topological polar surface area (TPSA) is 101 Å². The minimum atomic E-state index is -3.91. The quantitative estimate of drug-likeness (QED) is 0.788. The largest absolute Gasteiger partial charge is 0.273 e. The van der Waals surface area contributed by atoms with Crippen molar-refractivity contribution in [1.82, 2.24) is 4.72 Å². The summed E-state index contributed by atoms with van der Waals surface area (Å²) in [4.78, 5) is 12.0. The molecule has 0 saturated carbocycles. The van der Waals surface area contributed by atoms with Crippen LogP contribution in [0.1, 0.15) is 23.1 Å². The van der Waals surface area contributed by atoms with Gasteiger partial charge in [0.1, 0.15) is 5.82 Å². The summed E-state index contributed by atoms with van der Waals surface area (Å²) in [5.41, 5.74) is 1.36. The third-order valence-corrected chi connectivity index (χ3v) is 7.80. The standard InChI is InChI=1S/C18H19FN2O5S2/c1-12-9-16(21-17(22)7-8-27(21,23)24)10-13(2)18(12)28(25,26)20-11-14-3-5-15(19)6-4-14/h3-6,9-10,20H,7-8,11H2,1-2H3. The van der Waals surface area contributed by atoms with Gasteiger partial charge in [0, 0.05) is 13.0 Å². The van der Waals surface area contributed by atoms with E-state index in [2.05, 4.69) is 4.72 Å². The Hall–Kier alpha value is -2.30. The van der Waals surface area contributed by atoms with Crippen LogP contribution in [0.2, 0.25) is 0 Å². The zero-order valence-electron chi connectivity index (χ0n) is 15.3. The molecule has 0 spiro atoms. The average Bonchev–Trinajstić information content (AvgIpc) is 2.86. The number of sulfonamides is 2. The third kappa shape index (κ3) is 3.94. The Kier molecular flexibility index (Phi) is 5.30. The molecule has 1 amide bonds. The molecule has 0 aromatic heterocycles. The Morgan fingerprint density at radius 3 is 2.18 bits per heavy atom. The third-order valence-electron chi connectivity index (χ3n) is 4.41. The first-order valence-corrected chi connectivity index (χ1v) is 11.5. The molecule has 1 aliphatic rings. The van der Waals surface area contributed by atoms with Gasteiger partial charge in [-0.1, -0.05) is 12.1 Å². The number of nitrogens with zero attached hydrogens (tertiary/aromatic N) is 1. The van der Waals surface area contributed by atoms with Gasteiger partial charge in [-0.15, -0.1) is 0 Å². The highest BCUT2D eigenvalue weighted by Gasteiger charge is 2.37. The molecule has 10 heteroatoms. The summed E-state index contributed by atoms with van der Waals surface area (Å²) in [5, 5.41) is 0. The highest BCUT2D eigenvalue weighted by atomic mass is 32.2. The van der Waals surface area contributed by atoms with Crippen LogP contribution in [0.5, 0.6) is 0 Å². The summed E-state index contributed by atoms with van der Waals surface area (Å²) >= 11 is 0. The molecule has 1 saturated heterocycles. The van der Waals surface area contributed by atoms with Gasteiger partial charge in [-0.25, -0.2) is 30.3 Å². The van der Waals surface area contributed by atoms with Crippen LogP contribution in [0.15, 0.2) is 41.3 Å². The summed E-state index contributed by atoms with van der Waals surface area (Å²) in [6.07, 6.45) is -0.0975. The van der Waals surface area contributed by atoms with E-state index in [4.69, 9.17) is 0 Å². The number of carbonyl (C=O) groups is 1. The second-order valence-corrected chi connectivity index (χ2v) is 10.2. The van der Waals surface area contributed by atoms with Crippen molar-refractivity contribution in [2.24, 2.45) is 0 Å². The van der Waals surface area contributed by atoms with E-state index >= 15 is 0 Å². The number of hydrogen-bond donors (Lipinski definition) is 1. The van der Waals surface area contributed by atoms with Crippen molar-refractivity contribution < 1.29 is 26.0 Å².